The third-order valence-corrected chi connectivity index (χ3v) is 3.69. The molecule has 0 unspecified atom stereocenters. The molecular formula is C16H21NO4. The molecule has 1 aliphatic rings. The molecule has 0 fully saturated rings. The summed E-state index contributed by atoms with van der Waals surface area (Å²) >= 11 is 0. The molecule has 1 aliphatic heterocycles. The topological polar surface area (TPSA) is 61.6 Å². The molecule has 1 aromatic rings. The molecule has 5 nitrogen and oxygen atoms in total. The van der Waals surface area contributed by atoms with Crippen LogP contribution in [-0.4, -0.2) is 17.8 Å². The Balaban J connectivity index is 2.19. The first kappa shape index (κ1) is 15.5. The summed E-state index contributed by atoms with van der Waals surface area (Å²) < 4.78 is 11.0. The Kier molecular flexibility index (Phi) is 5.75. The van der Waals surface area contributed by atoms with Crippen molar-refractivity contribution in [3.8, 4) is 0 Å². The van der Waals surface area contributed by atoms with Crippen LogP contribution in [-0.2, 0) is 9.47 Å². The van der Waals surface area contributed by atoms with Gasteiger partial charge in [-0.05, 0) is 18.1 Å². The molecule has 0 spiro atoms. The lowest BCUT2D eigenvalue weighted by molar-refractivity contribution is -0.384. The van der Waals surface area contributed by atoms with E-state index in [2.05, 4.69) is 6.92 Å². The largest absolute Gasteiger partial charge is 0.475 e. The standard InChI is InChI=1S/C16H21NO4/c1-2-3-4-8-16-15(9-10-20-12-21-16)13-6-5-7-14(11-13)17(18)19/h5-7,9-11,15-16H,2-4,8,12H2,1H3/t15-,16-/m0/s1. The van der Waals surface area contributed by atoms with E-state index in [4.69, 9.17) is 9.47 Å². The highest BCUT2D eigenvalue weighted by Crippen LogP contribution is 2.30. The molecule has 0 saturated carbocycles. The van der Waals surface area contributed by atoms with Gasteiger partial charge in [0.15, 0.2) is 6.79 Å². The minimum absolute atomic E-state index is 0.00250. The number of nitro groups is 1. The smallest absolute Gasteiger partial charge is 0.269 e. The summed E-state index contributed by atoms with van der Waals surface area (Å²) in [5.41, 5.74) is 1.01. The first-order valence-electron chi connectivity index (χ1n) is 7.36. The van der Waals surface area contributed by atoms with E-state index in [1.807, 2.05) is 12.1 Å². The Morgan fingerprint density at radius 1 is 1.38 bits per heavy atom. The van der Waals surface area contributed by atoms with E-state index in [0.29, 0.717) is 0 Å². The lowest BCUT2D eigenvalue weighted by Crippen LogP contribution is -2.21. The van der Waals surface area contributed by atoms with Gasteiger partial charge < -0.3 is 9.47 Å². The van der Waals surface area contributed by atoms with Crippen molar-refractivity contribution >= 4 is 5.69 Å². The monoisotopic (exact) mass is 291 g/mol. The van der Waals surface area contributed by atoms with Crippen molar-refractivity contribution in [2.45, 2.75) is 44.6 Å². The number of non-ortho nitro benzene ring substituents is 1. The quantitative estimate of drug-likeness (QED) is 0.449. The maximum atomic E-state index is 10.9. The van der Waals surface area contributed by atoms with Crippen LogP contribution in [0, 0.1) is 10.1 Å². The fourth-order valence-electron chi connectivity index (χ4n) is 2.56. The van der Waals surface area contributed by atoms with Gasteiger partial charge in [-0.15, -0.1) is 0 Å². The van der Waals surface area contributed by atoms with Gasteiger partial charge in [-0.1, -0.05) is 38.3 Å². The molecule has 1 aromatic carbocycles. The number of benzene rings is 1. The molecule has 1 heterocycles. The minimum atomic E-state index is -0.368. The van der Waals surface area contributed by atoms with Gasteiger partial charge in [0, 0.05) is 18.1 Å². The normalized spacial score (nSPS) is 21.6. The van der Waals surface area contributed by atoms with Crippen LogP contribution in [0.1, 0.15) is 44.1 Å². The maximum Gasteiger partial charge on any atom is 0.269 e. The highest BCUT2D eigenvalue weighted by molar-refractivity contribution is 5.38. The molecule has 21 heavy (non-hydrogen) atoms. The molecule has 2 atom stereocenters. The van der Waals surface area contributed by atoms with Crippen molar-refractivity contribution in [1.82, 2.24) is 0 Å². The number of rotatable bonds is 6. The van der Waals surface area contributed by atoms with Crippen molar-refractivity contribution in [3.63, 3.8) is 0 Å². The lowest BCUT2D eigenvalue weighted by atomic mass is 9.90. The minimum Gasteiger partial charge on any atom is -0.475 e. The molecule has 0 radical (unpaired) electrons. The molecular weight excluding hydrogens is 270 g/mol. The fourth-order valence-corrected chi connectivity index (χ4v) is 2.56. The molecule has 0 aromatic heterocycles. The summed E-state index contributed by atoms with van der Waals surface area (Å²) in [4.78, 5) is 10.6. The number of nitrogens with zero attached hydrogens (tertiary/aromatic N) is 1. The van der Waals surface area contributed by atoms with Crippen LogP contribution in [0.2, 0.25) is 0 Å². The summed E-state index contributed by atoms with van der Waals surface area (Å²) in [5, 5.41) is 10.9. The van der Waals surface area contributed by atoms with E-state index in [9.17, 15) is 10.1 Å². The first-order chi connectivity index (χ1) is 10.2. The second-order valence-corrected chi connectivity index (χ2v) is 5.19. The van der Waals surface area contributed by atoms with Gasteiger partial charge in [-0.3, -0.25) is 10.1 Å². The number of ether oxygens (including phenoxy) is 2. The van der Waals surface area contributed by atoms with Crippen molar-refractivity contribution in [3.05, 3.63) is 52.3 Å². The summed E-state index contributed by atoms with van der Waals surface area (Å²) in [6, 6.07) is 6.75. The van der Waals surface area contributed by atoms with E-state index in [-0.39, 0.29) is 29.4 Å². The van der Waals surface area contributed by atoms with Crippen molar-refractivity contribution in [2.75, 3.05) is 6.79 Å². The average Bonchev–Trinajstić information content (AvgIpc) is 2.73. The lowest BCUT2D eigenvalue weighted by Gasteiger charge is -2.23. The SMILES string of the molecule is CCCCC[C@@H]1OCOC=C[C@H]1c1cccc([N+](=O)[O-])c1. The second kappa shape index (κ2) is 7.78. The van der Waals surface area contributed by atoms with E-state index in [0.717, 1.165) is 31.2 Å². The number of hydrogen-bond donors (Lipinski definition) is 0. The maximum absolute atomic E-state index is 10.9. The summed E-state index contributed by atoms with van der Waals surface area (Å²) in [6.07, 6.45) is 7.88. The fraction of sp³-hybridized carbons (Fsp3) is 0.500. The molecule has 0 N–H and O–H groups in total. The van der Waals surface area contributed by atoms with Gasteiger partial charge in [-0.2, -0.15) is 0 Å². The Morgan fingerprint density at radius 3 is 3.00 bits per heavy atom. The molecule has 0 saturated heterocycles. The third kappa shape index (κ3) is 4.29. The van der Waals surface area contributed by atoms with E-state index < -0.39 is 0 Å². The van der Waals surface area contributed by atoms with Crippen LogP contribution in [0.25, 0.3) is 0 Å². The zero-order valence-corrected chi connectivity index (χ0v) is 12.2. The molecule has 114 valence electrons. The second-order valence-electron chi connectivity index (χ2n) is 5.19. The zero-order valence-electron chi connectivity index (χ0n) is 12.2. The van der Waals surface area contributed by atoms with E-state index in [1.165, 1.54) is 6.07 Å². The van der Waals surface area contributed by atoms with Gasteiger partial charge in [0.1, 0.15) is 0 Å². The van der Waals surface area contributed by atoms with Crippen LogP contribution in [0.15, 0.2) is 36.6 Å². The predicted molar refractivity (Wildman–Crippen MR) is 79.9 cm³/mol. The molecule has 5 heteroatoms. The van der Waals surface area contributed by atoms with Gasteiger partial charge in [0.05, 0.1) is 17.3 Å². The predicted octanol–water partition coefficient (Wildman–Crippen LogP) is 4.15. The number of hydrogen-bond acceptors (Lipinski definition) is 4. The highest BCUT2D eigenvalue weighted by atomic mass is 16.7. The van der Waals surface area contributed by atoms with Gasteiger partial charge in [0.2, 0.25) is 0 Å². The van der Waals surface area contributed by atoms with Gasteiger partial charge in [-0.25, -0.2) is 0 Å². The Bertz CT molecular complexity index is 501. The molecule has 0 amide bonds. The Labute approximate surface area is 124 Å². The highest BCUT2D eigenvalue weighted by Gasteiger charge is 2.24. The Hall–Kier alpha value is -1.88. The van der Waals surface area contributed by atoms with Crippen LogP contribution < -0.4 is 0 Å². The van der Waals surface area contributed by atoms with Crippen LogP contribution >= 0.6 is 0 Å². The number of unbranched alkanes of at least 4 members (excludes halogenated alkanes) is 2. The van der Waals surface area contributed by atoms with Crippen molar-refractivity contribution in [1.29, 1.82) is 0 Å². The van der Waals surface area contributed by atoms with Crippen LogP contribution in [0.5, 0.6) is 0 Å². The third-order valence-electron chi connectivity index (χ3n) is 3.69. The van der Waals surface area contributed by atoms with Crippen molar-refractivity contribution < 1.29 is 14.4 Å². The molecule has 0 aliphatic carbocycles. The summed E-state index contributed by atoms with van der Waals surface area (Å²) in [6.45, 7) is 2.40. The average molecular weight is 291 g/mol. The zero-order chi connectivity index (χ0) is 15.1. The Morgan fingerprint density at radius 2 is 2.24 bits per heavy atom. The van der Waals surface area contributed by atoms with Crippen LogP contribution in [0.3, 0.4) is 0 Å². The van der Waals surface area contributed by atoms with E-state index in [1.54, 1.807) is 18.4 Å². The molecule has 2 rings (SSSR count). The van der Waals surface area contributed by atoms with Gasteiger partial charge in [0.25, 0.3) is 5.69 Å². The van der Waals surface area contributed by atoms with Crippen molar-refractivity contribution in [2.24, 2.45) is 0 Å². The van der Waals surface area contributed by atoms with Gasteiger partial charge >= 0.3 is 0 Å². The molecule has 0 bridgehead atoms. The number of nitro benzene ring substituents is 1. The van der Waals surface area contributed by atoms with Crippen LogP contribution in [0.4, 0.5) is 5.69 Å². The first-order valence-corrected chi connectivity index (χ1v) is 7.36. The van der Waals surface area contributed by atoms with E-state index >= 15 is 0 Å². The summed E-state index contributed by atoms with van der Waals surface area (Å²) in [5.74, 6) is -0.00995. The summed E-state index contributed by atoms with van der Waals surface area (Å²) in [7, 11) is 0.